The maximum Gasteiger partial charge on any atom is 0.261 e. The van der Waals surface area contributed by atoms with Crippen LogP contribution in [-0.2, 0) is 16.2 Å². The second-order valence-corrected chi connectivity index (χ2v) is 5.34. The molecule has 6 heteroatoms. The average Bonchev–Trinajstić information content (AvgIpc) is 2.96. The Labute approximate surface area is 126 Å². The molecule has 0 aliphatic heterocycles. The number of halogens is 1. The van der Waals surface area contributed by atoms with E-state index in [1.807, 2.05) is 29.6 Å². The van der Waals surface area contributed by atoms with Crippen LogP contribution in [0.4, 0.5) is 0 Å². The Hall–Kier alpha value is -1.85. The summed E-state index contributed by atoms with van der Waals surface area (Å²) in [5.41, 5.74) is 0.977. The normalized spacial score (nSPS) is 10.7. The van der Waals surface area contributed by atoms with Crippen LogP contribution in [0.15, 0.2) is 46.9 Å². The number of thiophene rings is 1. The summed E-state index contributed by atoms with van der Waals surface area (Å²) in [5, 5.41) is 9.08. The molecule has 0 saturated heterocycles. The third-order valence-corrected chi connectivity index (χ3v) is 3.46. The van der Waals surface area contributed by atoms with E-state index in [1.54, 1.807) is 29.7 Å². The van der Waals surface area contributed by atoms with Gasteiger partial charge < -0.3 is 10.2 Å². The van der Waals surface area contributed by atoms with Gasteiger partial charge in [0.05, 0.1) is 6.21 Å². The van der Waals surface area contributed by atoms with E-state index < -0.39 is 0 Å². The Morgan fingerprint density at radius 2 is 2.15 bits per heavy atom. The number of benzene rings is 1. The van der Waals surface area contributed by atoms with Crippen molar-refractivity contribution in [2.45, 2.75) is 6.54 Å². The van der Waals surface area contributed by atoms with Gasteiger partial charge >= 0.3 is 0 Å². The van der Waals surface area contributed by atoms with E-state index in [4.69, 9.17) is 16.4 Å². The monoisotopic (exact) mass is 308 g/mol. The maximum atomic E-state index is 11.5. The van der Waals surface area contributed by atoms with Crippen LogP contribution in [0, 0.1) is 0 Å². The van der Waals surface area contributed by atoms with E-state index >= 15 is 0 Å². The van der Waals surface area contributed by atoms with Crippen molar-refractivity contribution in [3.8, 4) is 0 Å². The van der Waals surface area contributed by atoms with Crippen molar-refractivity contribution >= 4 is 35.1 Å². The van der Waals surface area contributed by atoms with Gasteiger partial charge in [-0.05, 0) is 29.1 Å². The molecule has 0 saturated carbocycles. The van der Waals surface area contributed by atoms with Gasteiger partial charge in [0.15, 0.2) is 6.61 Å². The molecule has 0 spiro atoms. The standard InChI is InChI=1S/C14H13ClN2O2S/c15-12-5-3-11(4-6-12)8-16-14(18)10-19-17-9-13-2-1-7-20-13/h1-7,9H,8,10H2,(H,16,18)/b17-9+. The summed E-state index contributed by atoms with van der Waals surface area (Å²) in [6.45, 7) is 0.337. The molecular weight excluding hydrogens is 296 g/mol. The Balaban J connectivity index is 1.66. The summed E-state index contributed by atoms with van der Waals surface area (Å²) in [4.78, 5) is 17.4. The fourth-order valence-corrected chi connectivity index (χ4v) is 2.11. The third kappa shape index (κ3) is 5.03. The van der Waals surface area contributed by atoms with Crippen LogP contribution in [0.2, 0.25) is 5.02 Å². The number of hydrogen-bond acceptors (Lipinski definition) is 4. The van der Waals surface area contributed by atoms with Crippen LogP contribution in [-0.4, -0.2) is 18.7 Å². The van der Waals surface area contributed by atoms with Crippen LogP contribution < -0.4 is 5.32 Å². The lowest BCUT2D eigenvalue weighted by Gasteiger charge is -2.04. The molecule has 2 rings (SSSR count). The van der Waals surface area contributed by atoms with Crippen LogP contribution in [0.5, 0.6) is 0 Å². The van der Waals surface area contributed by atoms with Crippen molar-refractivity contribution in [3.05, 3.63) is 57.2 Å². The molecule has 0 aliphatic carbocycles. The van der Waals surface area contributed by atoms with Gasteiger partial charge in [-0.15, -0.1) is 11.3 Å². The summed E-state index contributed by atoms with van der Waals surface area (Å²) in [5.74, 6) is -0.219. The number of carbonyl (C=O) groups is 1. The highest BCUT2D eigenvalue weighted by atomic mass is 35.5. The first-order valence-electron chi connectivity index (χ1n) is 5.94. The Bertz CT molecular complexity index is 567. The molecule has 4 nitrogen and oxygen atoms in total. The zero-order valence-corrected chi connectivity index (χ0v) is 12.2. The first-order valence-corrected chi connectivity index (χ1v) is 7.20. The van der Waals surface area contributed by atoms with Crippen molar-refractivity contribution in [3.63, 3.8) is 0 Å². The highest BCUT2D eigenvalue weighted by Gasteiger charge is 2.01. The van der Waals surface area contributed by atoms with Crippen molar-refractivity contribution in [2.24, 2.45) is 5.16 Å². The smallest absolute Gasteiger partial charge is 0.261 e. The largest absolute Gasteiger partial charge is 0.386 e. The minimum Gasteiger partial charge on any atom is -0.386 e. The molecule has 1 amide bonds. The van der Waals surface area contributed by atoms with Gasteiger partial charge in [-0.2, -0.15) is 0 Å². The topological polar surface area (TPSA) is 50.7 Å². The molecule has 0 unspecified atom stereocenters. The fraction of sp³-hybridized carbons (Fsp3) is 0.143. The van der Waals surface area contributed by atoms with E-state index in [0.29, 0.717) is 11.6 Å². The van der Waals surface area contributed by atoms with Crippen molar-refractivity contribution in [1.82, 2.24) is 5.32 Å². The second kappa shape index (κ2) is 7.67. The number of amides is 1. The molecule has 1 heterocycles. The zero-order chi connectivity index (χ0) is 14.2. The number of oxime groups is 1. The highest BCUT2D eigenvalue weighted by Crippen LogP contribution is 2.09. The Morgan fingerprint density at radius 1 is 1.35 bits per heavy atom. The van der Waals surface area contributed by atoms with Crippen molar-refractivity contribution in [1.29, 1.82) is 0 Å². The van der Waals surface area contributed by atoms with E-state index in [1.165, 1.54) is 0 Å². The van der Waals surface area contributed by atoms with E-state index in [2.05, 4.69) is 10.5 Å². The van der Waals surface area contributed by atoms with Crippen LogP contribution >= 0.6 is 22.9 Å². The summed E-state index contributed by atoms with van der Waals surface area (Å²) < 4.78 is 0. The third-order valence-electron chi connectivity index (χ3n) is 2.40. The molecule has 104 valence electrons. The Morgan fingerprint density at radius 3 is 2.85 bits per heavy atom. The molecule has 0 radical (unpaired) electrons. The molecule has 0 bridgehead atoms. The lowest BCUT2D eigenvalue weighted by Crippen LogP contribution is -2.26. The van der Waals surface area contributed by atoms with E-state index in [0.717, 1.165) is 10.4 Å². The van der Waals surface area contributed by atoms with E-state index in [-0.39, 0.29) is 12.5 Å². The number of nitrogens with one attached hydrogen (secondary N) is 1. The molecule has 1 aromatic carbocycles. The molecule has 1 N–H and O–H groups in total. The van der Waals surface area contributed by atoms with Gasteiger partial charge in [0.25, 0.3) is 5.91 Å². The quantitative estimate of drug-likeness (QED) is 0.658. The molecular formula is C14H13ClN2O2S. The number of nitrogens with zero attached hydrogens (tertiary/aromatic N) is 1. The van der Waals surface area contributed by atoms with Crippen LogP contribution in [0.3, 0.4) is 0 Å². The molecule has 20 heavy (non-hydrogen) atoms. The predicted octanol–water partition coefficient (Wildman–Crippen LogP) is 3.07. The lowest BCUT2D eigenvalue weighted by atomic mass is 10.2. The van der Waals surface area contributed by atoms with Gasteiger partial charge in [0, 0.05) is 16.4 Å². The molecule has 0 atom stereocenters. The first-order chi connectivity index (χ1) is 9.74. The second-order valence-electron chi connectivity index (χ2n) is 3.93. The summed E-state index contributed by atoms with van der Waals surface area (Å²) >= 11 is 7.33. The average molecular weight is 309 g/mol. The highest BCUT2D eigenvalue weighted by molar-refractivity contribution is 7.11. The van der Waals surface area contributed by atoms with Gasteiger partial charge in [0.1, 0.15) is 0 Å². The minimum absolute atomic E-state index is 0.102. The zero-order valence-electron chi connectivity index (χ0n) is 10.6. The number of hydrogen-bond donors (Lipinski definition) is 1. The Kier molecular flexibility index (Phi) is 5.58. The van der Waals surface area contributed by atoms with Gasteiger partial charge in [0.2, 0.25) is 0 Å². The maximum absolute atomic E-state index is 11.5. The minimum atomic E-state index is -0.219. The molecule has 1 aromatic heterocycles. The first kappa shape index (κ1) is 14.6. The molecule has 2 aromatic rings. The summed E-state index contributed by atoms with van der Waals surface area (Å²) in [6.07, 6.45) is 1.58. The van der Waals surface area contributed by atoms with Gasteiger partial charge in [-0.25, -0.2) is 0 Å². The SMILES string of the molecule is O=C(CO/N=C/c1cccs1)NCc1ccc(Cl)cc1. The van der Waals surface area contributed by atoms with Crippen molar-refractivity contribution < 1.29 is 9.63 Å². The van der Waals surface area contributed by atoms with E-state index in [9.17, 15) is 4.79 Å². The van der Waals surface area contributed by atoms with Gasteiger partial charge in [-0.3, -0.25) is 4.79 Å². The lowest BCUT2D eigenvalue weighted by molar-refractivity contribution is -0.125. The summed E-state index contributed by atoms with van der Waals surface area (Å²) in [7, 11) is 0. The molecule has 0 aliphatic rings. The fourth-order valence-electron chi connectivity index (χ4n) is 1.40. The number of rotatable bonds is 6. The van der Waals surface area contributed by atoms with Gasteiger partial charge in [-0.1, -0.05) is 35.0 Å². The van der Waals surface area contributed by atoms with Crippen LogP contribution in [0.1, 0.15) is 10.4 Å². The summed E-state index contributed by atoms with van der Waals surface area (Å²) in [6, 6.07) is 11.1. The van der Waals surface area contributed by atoms with Crippen LogP contribution in [0.25, 0.3) is 0 Å². The molecule has 0 fully saturated rings. The predicted molar refractivity (Wildman–Crippen MR) is 81.2 cm³/mol. The van der Waals surface area contributed by atoms with Crippen molar-refractivity contribution in [2.75, 3.05) is 6.61 Å². The number of carbonyl (C=O) groups excluding carboxylic acids is 1.